The van der Waals surface area contributed by atoms with Crippen molar-refractivity contribution in [1.82, 2.24) is 5.32 Å². The van der Waals surface area contributed by atoms with Gasteiger partial charge in [0, 0.05) is 12.0 Å². The zero-order valence-corrected chi connectivity index (χ0v) is 11.9. The third-order valence-electron chi connectivity index (χ3n) is 3.31. The first-order chi connectivity index (χ1) is 10.3. The van der Waals surface area contributed by atoms with Gasteiger partial charge in [-0.05, 0) is 6.92 Å². The van der Waals surface area contributed by atoms with Crippen LogP contribution < -0.4 is 5.32 Å². The molecule has 1 amide bonds. The summed E-state index contributed by atoms with van der Waals surface area (Å²) < 4.78 is 39.4. The van der Waals surface area contributed by atoms with Crippen LogP contribution in [0.3, 0.4) is 0 Å². The number of alkyl halides is 2. The lowest BCUT2D eigenvalue weighted by molar-refractivity contribution is -0.176. The predicted molar refractivity (Wildman–Crippen MR) is 73.1 cm³/mol. The molecular formula is C15H15F2NO4. The molecule has 7 heteroatoms. The van der Waals surface area contributed by atoms with Crippen LogP contribution >= 0.6 is 0 Å². The third kappa shape index (κ3) is 2.54. The van der Waals surface area contributed by atoms with Crippen LogP contribution in [0.2, 0.25) is 0 Å². The van der Waals surface area contributed by atoms with Crippen LogP contribution in [-0.4, -0.2) is 24.2 Å². The molecule has 0 saturated carbocycles. The van der Waals surface area contributed by atoms with Crippen LogP contribution in [0.15, 0.2) is 42.7 Å². The maximum absolute atomic E-state index is 15.0. The molecule has 0 aromatic heterocycles. The van der Waals surface area contributed by atoms with E-state index in [0.29, 0.717) is 0 Å². The number of halogens is 2. The van der Waals surface area contributed by atoms with E-state index in [1.165, 1.54) is 31.2 Å². The Morgan fingerprint density at radius 1 is 1.45 bits per heavy atom. The number of nitrogens with one attached hydrogen (secondary N) is 1. The van der Waals surface area contributed by atoms with Gasteiger partial charge in [-0.2, -0.15) is 8.78 Å². The summed E-state index contributed by atoms with van der Waals surface area (Å²) in [5.41, 5.74) is -3.00. The van der Waals surface area contributed by atoms with E-state index in [2.05, 4.69) is 11.3 Å². The van der Waals surface area contributed by atoms with E-state index >= 15 is 8.78 Å². The van der Waals surface area contributed by atoms with E-state index in [1.54, 1.807) is 6.07 Å². The Morgan fingerprint density at radius 2 is 2.09 bits per heavy atom. The van der Waals surface area contributed by atoms with Gasteiger partial charge in [-0.15, -0.1) is 0 Å². The van der Waals surface area contributed by atoms with E-state index in [1.807, 2.05) is 5.32 Å². The Balaban J connectivity index is 2.55. The smallest absolute Gasteiger partial charge is 0.413 e. The van der Waals surface area contributed by atoms with Gasteiger partial charge >= 0.3 is 18.0 Å². The standard InChI is InChI=1S/C15H15F2NO4/c1-3-21-12(19)14(9-10(2)22-13(20)18-14)15(16,17)11-7-5-4-6-8-11/h4-8H,2-3,9H2,1H3,(H,18,20). The normalized spacial score (nSPS) is 21.8. The summed E-state index contributed by atoms with van der Waals surface area (Å²) in [4.78, 5) is 23.8. The quantitative estimate of drug-likeness (QED) is 0.868. The Labute approximate surface area is 125 Å². The van der Waals surface area contributed by atoms with Gasteiger partial charge in [-0.25, -0.2) is 9.59 Å². The molecule has 1 unspecified atom stereocenters. The summed E-state index contributed by atoms with van der Waals surface area (Å²) in [6.45, 7) is 4.77. The maximum Gasteiger partial charge on any atom is 0.413 e. The van der Waals surface area contributed by atoms with Gasteiger partial charge in [0.05, 0.1) is 6.61 Å². The SMILES string of the molecule is C=C1CC(C(=O)OCC)(C(F)(F)c2ccccc2)NC(=O)O1. The Bertz CT molecular complexity index is 585. The molecule has 0 aliphatic carbocycles. The van der Waals surface area contributed by atoms with Crippen LogP contribution in [0, 0.1) is 0 Å². The summed E-state index contributed by atoms with van der Waals surface area (Å²) in [5.74, 6) is -5.17. The molecule has 0 radical (unpaired) electrons. The van der Waals surface area contributed by atoms with E-state index < -0.39 is 35.5 Å². The molecule has 5 nitrogen and oxygen atoms in total. The molecule has 1 saturated heterocycles. The minimum atomic E-state index is -3.71. The summed E-state index contributed by atoms with van der Waals surface area (Å²) in [6, 6.07) is 6.74. The monoisotopic (exact) mass is 311 g/mol. The van der Waals surface area contributed by atoms with Gasteiger partial charge in [0.15, 0.2) is 0 Å². The molecule has 2 rings (SSSR count). The van der Waals surface area contributed by atoms with Gasteiger partial charge in [-0.3, -0.25) is 5.32 Å². The number of amides is 1. The molecule has 118 valence electrons. The molecule has 0 bridgehead atoms. The Morgan fingerprint density at radius 3 is 2.64 bits per heavy atom. The lowest BCUT2D eigenvalue weighted by Gasteiger charge is -2.41. The first-order valence-electron chi connectivity index (χ1n) is 6.62. The van der Waals surface area contributed by atoms with Crippen LogP contribution in [0.1, 0.15) is 18.9 Å². The van der Waals surface area contributed by atoms with Crippen molar-refractivity contribution in [3.05, 3.63) is 48.2 Å². The van der Waals surface area contributed by atoms with E-state index in [-0.39, 0.29) is 12.4 Å². The summed E-state index contributed by atoms with van der Waals surface area (Å²) in [6.07, 6.45) is -1.75. The fourth-order valence-corrected chi connectivity index (χ4v) is 2.30. The van der Waals surface area contributed by atoms with Crippen molar-refractivity contribution < 1.29 is 27.8 Å². The third-order valence-corrected chi connectivity index (χ3v) is 3.31. The van der Waals surface area contributed by atoms with E-state index in [9.17, 15) is 9.59 Å². The number of carbonyl (C=O) groups excluding carboxylic acids is 2. The number of esters is 1. The van der Waals surface area contributed by atoms with Crippen LogP contribution in [-0.2, 0) is 20.2 Å². The molecule has 0 spiro atoms. The Hall–Kier alpha value is -2.44. The number of hydrogen-bond acceptors (Lipinski definition) is 4. The first-order valence-corrected chi connectivity index (χ1v) is 6.62. The minimum absolute atomic E-state index is 0.103. The molecule has 22 heavy (non-hydrogen) atoms. The number of cyclic esters (lactones) is 1. The first kappa shape index (κ1) is 15.9. The number of benzene rings is 1. The number of ether oxygens (including phenoxy) is 2. The summed E-state index contributed by atoms with van der Waals surface area (Å²) in [5, 5.41) is 1.94. The molecule has 1 aromatic carbocycles. The topological polar surface area (TPSA) is 64.6 Å². The van der Waals surface area contributed by atoms with Gasteiger partial charge in [0.1, 0.15) is 5.76 Å². The zero-order valence-electron chi connectivity index (χ0n) is 11.9. The number of alkyl carbamates (subject to hydrolysis) is 1. The fourth-order valence-electron chi connectivity index (χ4n) is 2.30. The van der Waals surface area contributed by atoms with Gasteiger partial charge in [0.25, 0.3) is 0 Å². The second-order valence-electron chi connectivity index (χ2n) is 4.80. The Kier molecular flexibility index (Phi) is 4.16. The van der Waals surface area contributed by atoms with Gasteiger partial charge in [-0.1, -0.05) is 36.9 Å². The molecule has 1 heterocycles. The number of carbonyl (C=O) groups is 2. The largest absolute Gasteiger partial charge is 0.464 e. The van der Waals surface area contributed by atoms with E-state index in [0.717, 1.165) is 0 Å². The highest BCUT2D eigenvalue weighted by molar-refractivity contribution is 5.89. The van der Waals surface area contributed by atoms with Crippen LogP contribution in [0.25, 0.3) is 0 Å². The van der Waals surface area contributed by atoms with Crippen molar-refractivity contribution in [3.63, 3.8) is 0 Å². The molecular weight excluding hydrogens is 296 g/mol. The highest BCUT2D eigenvalue weighted by atomic mass is 19.3. The van der Waals surface area contributed by atoms with Crippen molar-refractivity contribution in [1.29, 1.82) is 0 Å². The van der Waals surface area contributed by atoms with Gasteiger partial charge in [0.2, 0.25) is 5.54 Å². The molecule has 1 aromatic rings. The number of rotatable bonds is 4. The van der Waals surface area contributed by atoms with E-state index in [4.69, 9.17) is 4.74 Å². The average molecular weight is 311 g/mol. The highest BCUT2D eigenvalue weighted by Gasteiger charge is 2.64. The maximum atomic E-state index is 15.0. The van der Waals surface area contributed by atoms with Crippen molar-refractivity contribution in [3.8, 4) is 0 Å². The summed E-state index contributed by atoms with van der Waals surface area (Å²) in [7, 11) is 0. The van der Waals surface area contributed by atoms with Crippen molar-refractivity contribution in [2.45, 2.75) is 24.8 Å². The van der Waals surface area contributed by atoms with Crippen LogP contribution in [0.5, 0.6) is 0 Å². The zero-order chi connectivity index (χ0) is 16.4. The predicted octanol–water partition coefficient (Wildman–Crippen LogP) is 2.72. The second kappa shape index (κ2) is 5.75. The highest BCUT2D eigenvalue weighted by Crippen LogP contribution is 2.44. The minimum Gasteiger partial charge on any atom is -0.464 e. The average Bonchev–Trinajstić information content (AvgIpc) is 2.47. The van der Waals surface area contributed by atoms with Crippen LogP contribution in [0.4, 0.5) is 13.6 Å². The molecule has 1 aliphatic rings. The molecule has 1 atom stereocenters. The molecule has 1 N–H and O–H groups in total. The molecule has 1 fully saturated rings. The van der Waals surface area contributed by atoms with Crippen molar-refractivity contribution in [2.75, 3.05) is 6.61 Å². The fraction of sp³-hybridized carbons (Fsp3) is 0.333. The molecule has 1 aliphatic heterocycles. The second-order valence-corrected chi connectivity index (χ2v) is 4.80. The lowest BCUT2D eigenvalue weighted by Crippen LogP contribution is -2.66. The van der Waals surface area contributed by atoms with Gasteiger partial charge < -0.3 is 9.47 Å². The van der Waals surface area contributed by atoms with Crippen molar-refractivity contribution >= 4 is 12.1 Å². The summed E-state index contributed by atoms with van der Waals surface area (Å²) >= 11 is 0. The van der Waals surface area contributed by atoms with Crippen molar-refractivity contribution in [2.24, 2.45) is 0 Å². The number of hydrogen-bond donors (Lipinski definition) is 1. The lowest BCUT2D eigenvalue weighted by atomic mass is 9.82.